The molecule has 1 aromatic carbocycles. The van der Waals surface area contributed by atoms with Gasteiger partial charge in [-0.05, 0) is 44.0 Å². The number of aromatic nitrogens is 3. The molecule has 5 nitrogen and oxygen atoms in total. The van der Waals surface area contributed by atoms with E-state index in [0.717, 1.165) is 11.3 Å². The molecule has 2 heterocycles. The second-order valence-electron chi connectivity index (χ2n) is 6.17. The highest BCUT2D eigenvalue weighted by molar-refractivity contribution is 5.80. The van der Waals surface area contributed by atoms with Gasteiger partial charge in [0.05, 0.1) is 11.7 Å². The zero-order valence-electron chi connectivity index (χ0n) is 14.5. The van der Waals surface area contributed by atoms with Crippen molar-refractivity contribution in [2.75, 3.05) is 0 Å². The maximum absolute atomic E-state index is 12.7. The number of rotatable bonds is 6. The summed E-state index contributed by atoms with van der Waals surface area (Å²) in [4.78, 5) is 17.1. The van der Waals surface area contributed by atoms with Crippen molar-refractivity contribution in [3.05, 3.63) is 83.9 Å². The number of carbonyl (C=O) groups is 1. The minimum Gasteiger partial charge on any atom is -0.346 e. The van der Waals surface area contributed by atoms with Crippen molar-refractivity contribution in [2.24, 2.45) is 0 Å². The Hall–Kier alpha value is -2.95. The molecule has 3 aromatic rings. The lowest BCUT2D eigenvalue weighted by Crippen LogP contribution is -2.35. The zero-order valence-corrected chi connectivity index (χ0v) is 14.5. The third kappa shape index (κ3) is 4.32. The quantitative estimate of drug-likeness (QED) is 0.753. The van der Waals surface area contributed by atoms with E-state index in [9.17, 15) is 4.79 Å². The maximum atomic E-state index is 12.7. The van der Waals surface area contributed by atoms with E-state index in [0.29, 0.717) is 6.42 Å². The third-order valence-corrected chi connectivity index (χ3v) is 4.22. The Balaban J connectivity index is 1.79. The monoisotopic (exact) mass is 334 g/mol. The minimum absolute atomic E-state index is 0.0773. The van der Waals surface area contributed by atoms with Crippen molar-refractivity contribution < 1.29 is 4.79 Å². The van der Waals surface area contributed by atoms with Crippen LogP contribution in [0.4, 0.5) is 0 Å². The third-order valence-electron chi connectivity index (χ3n) is 4.22. The van der Waals surface area contributed by atoms with E-state index in [-0.39, 0.29) is 18.0 Å². The first-order valence-electron chi connectivity index (χ1n) is 8.39. The van der Waals surface area contributed by atoms with Gasteiger partial charge in [0, 0.05) is 18.6 Å². The molecule has 25 heavy (non-hydrogen) atoms. The molecular weight excluding hydrogens is 312 g/mol. The molecule has 0 aliphatic carbocycles. The summed E-state index contributed by atoms with van der Waals surface area (Å²) in [5, 5.41) is 7.27. The molecule has 0 spiro atoms. The van der Waals surface area contributed by atoms with Crippen molar-refractivity contribution in [1.29, 1.82) is 0 Å². The highest BCUT2D eigenvalue weighted by atomic mass is 16.2. The maximum Gasteiger partial charge on any atom is 0.245 e. The molecular formula is C20H22N4O. The number of carbonyl (C=O) groups excluding carboxylic acids is 1. The SMILES string of the molecule is Cc1ccc(CC(NC(=O)C(C)n2cccn2)c2ccccn2)cc1. The first-order chi connectivity index (χ1) is 12.1. The lowest BCUT2D eigenvalue weighted by molar-refractivity contribution is -0.124. The average molecular weight is 334 g/mol. The van der Waals surface area contributed by atoms with Gasteiger partial charge in [-0.2, -0.15) is 5.10 Å². The molecule has 0 aliphatic rings. The lowest BCUT2D eigenvalue weighted by atomic mass is 10.0. The number of hydrogen-bond acceptors (Lipinski definition) is 3. The van der Waals surface area contributed by atoms with Gasteiger partial charge in [-0.25, -0.2) is 0 Å². The predicted molar refractivity (Wildman–Crippen MR) is 96.9 cm³/mol. The molecule has 2 aromatic heterocycles. The molecule has 0 saturated heterocycles. The van der Waals surface area contributed by atoms with Crippen LogP contribution in [0.5, 0.6) is 0 Å². The van der Waals surface area contributed by atoms with Crippen LogP contribution in [-0.2, 0) is 11.2 Å². The summed E-state index contributed by atoms with van der Waals surface area (Å²) in [6, 6.07) is 15.4. The van der Waals surface area contributed by atoms with Gasteiger partial charge in [0.15, 0.2) is 0 Å². The van der Waals surface area contributed by atoms with Crippen molar-refractivity contribution in [3.8, 4) is 0 Å². The Bertz CT molecular complexity index is 797. The Morgan fingerprint density at radius 3 is 2.56 bits per heavy atom. The van der Waals surface area contributed by atoms with Crippen LogP contribution in [0.15, 0.2) is 67.1 Å². The van der Waals surface area contributed by atoms with Crippen molar-refractivity contribution in [1.82, 2.24) is 20.1 Å². The molecule has 0 saturated carbocycles. The number of benzene rings is 1. The molecule has 0 fully saturated rings. The van der Waals surface area contributed by atoms with E-state index in [1.807, 2.05) is 31.2 Å². The molecule has 1 N–H and O–H groups in total. The minimum atomic E-state index is -0.376. The number of nitrogens with one attached hydrogen (secondary N) is 1. The molecule has 128 valence electrons. The number of aryl methyl sites for hydroxylation is 1. The Morgan fingerprint density at radius 2 is 1.92 bits per heavy atom. The van der Waals surface area contributed by atoms with Gasteiger partial charge in [0.25, 0.3) is 0 Å². The van der Waals surface area contributed by atoms with Crippen molar-refractivity contribution in [3.63, 3.8) is 0 Å². The second kappa shape index (κ2) is 7.75. The highest BCUT2D eigenvalue weighted by Crippen LogP contribution is 2.18. The molecule has 5 heteroatoms. The molecule has 0 radical (unpaired) electrons. The molecule has 0 bridgehead atoms. The number of amides is 1. The fourth-order valence-corrected chi connectivity index (χ4v) is 2.69. The highest BCUT2D eigenvalue weighted by Gasteiger charge is 2.21. The van der Waals surface area contributed by atoms with E-state index in [4.69, 9.17) is 0 Å². The molecule has 3 rings (SSSR count). The number of nitrogens with zero attached hydrogens (tertiary/aromatic N) is 3. The van der Waals surface area contributed by atoms with Gasteiger partial charge in [-0.1, -0.05) is 35.9 Å². The molecule has 2 atom stereocenters. The van der Waals surface area contributed by atoms with Gasteiger partial charge in [-0.3, -0.25) is 14.5 Å². The average Bonchev–Trinajstić information content (AvgIpc) is 3.17. The Morgan fingerprint density at radius 1 is 1.12 bits per heavy atom. The Labute approximate surface area is 147 Å². The van der Waals surface area contributed by atoms with Gasteiger partial charge < -0.3 is 5.32 Å². The van der Waals surface area contributed by atoms with Crippen LogP contribution in [0.25, 0.3) is 0 Å². The summed E-state index contributed by atoms with van der Waals surface area (Å²) in [7, 11) is 0. The normalized spacial score (nSPS) is 13.2. The van der Waals surface area contributed by atoms with E-state index in [1.165, 1.54) is 5.56 Å². The summed E-state index contributed by atoms with van der Waals surface area (Å²) in [5.74, 6) is -0.0773. The van der Waals surface area contributed by atoms with Crippen molar-refractivity contribution >= 4 is 5.91 Å². The summed E-state index contributed by atoms with van der Waals surface area (Å²) in [6.07, 6.45) is 5.90. The van der Waals surface area contributed by atoms with E-state index < -0.39 is 0 Å². The summed E-state index contributed by atoms with van der Waals surface area (Å²) in [5.41, 5.74) is 3.23. The van der Waals surface area contributed by atoms with Gasteiger partial charge in [-0.15, -0.1) is 0 Å². The zero-order chi connectivity index (χ0) is 17.6. The van der Waals surface area contributed by atoms with E-state index >= 15 is 0 Å². The van der Waals surface area contributed by atoms with E-state index in [2.05, 4.69) is 46.6 Å². The van der Waals surface area contributed by atoms with Gasteiger partial charge in [0.2, 0.25) is 5.91 Å². The summed E-state index contributed by atoms with van der Waals surface area (Å²) in [6.45, 7) is 3.90. The Kier molecular flexibility index (Phi) is 5.23. The van der Waals surface area contributed by atoms with Gasteiger partial charge >= 0.3 is 0 Å². The molecule has 2 unspecified atom stereocenters. The molecule has 1 amide bonds. The summed E-state index contributed by atoms with van der Waals surface area (Å²) < 4.78 is 1.65. The largest absolute Gasteiger partial charge is 0.346 e. The number of hydrogen-bond donors (Lipinski definition) is 1. The van der Waals surface area contributed by atoms with Crippen LogP contribution in [0.2, 0.25) is 0 Å². The lowest BCUT2D eigenvalue weighted by Gasteiger charge is -2.21. The smallest absolute Gasteiger partial charge is 0.245 e. The number of pyridine rings is 1. The fraction of sp³-hybridized carbons (Fsp3) is 0.250. The summed E-state index contributed by atoms with van der Waals surface area (Å²) >= 11 is 0. The van der Waals surface area contributed by atoms with Crippen LogP contribution in [-0.4, -0.2) is 20.7 Å². The molecule has 0 aliphatic heterocycles. The van der Waals surface area contributed by atoms with E-state index in [1.54, 1.807) is 23.3 Å². The first-order valence-corrected chi connectivity index (χ1v) is 8.39. The van der Waals surface area contributed by atoms with Crippen LogP contribution in [0.3, 0.4) is 0 Å². The van der Waals surface area contributed by atoms with Crippen LogP contribution in [0, 0.1) is 6.92 Å². The standard InChI is InChI=1S/C20H22N4O/c1-15-7-9-17(10-8-15)14-19(18-6-3-4-11-21-18)23-20(25)16(2)24-13-5-12-22-24/h3-13,16,19H,14H2,1-2H3,(H,23,25). The van der Waals surface area contributed by atoms with Crippen molar-refractivity contribution in [2.45, 2.75) is 32.4 Å². The topological polar surface area (TPSA) is 59.8 Å². The van der Waals surface area contributed by atoms with Crippen LogP contribution in [0.1, 0.15) is 35.8 Å². The van der Waals surface area contributed by atoms with Crippen LogP contribution < -0.4 is 5.32 Å². The van der Waals surface area contributed by atoms with Gasteiger partial charge in [0.1, 0.15) is 6.04 Å². The first kappa shape index (κ1) is 16.9. The predicted octanol–water partition coefficient (Wildman–Crippen LogP) is 3.25. The fourth-order valence-electron chi connectivity index (χ4n) is 2.69. The second-order valence-corrected chi connectivity index (χ2v) is 6.17. The van der Waals surface area contributed by atoms with Crippen LogP contribution >= 0.6 is 0 Å².